The highest BCUT2D eigenvalue weighted by molar-refractivity contribution is 8.01. The van der Waals surface area contributed by atoms with Crippen LogP contribution in [0.4, 0.5) is 0 Å². The number of hydrogen-bond acceptors (Lipinski definition) is 3. The van der Waals surface area contributed by atoms with E-state index in [9.17, 15) is 9.59 Å². The Balaban J connectivity index is 1.82. The molecule has 0 bridgehead atoms. The van der Waals surface area contributed by atoms with Gasteiger partial charge in [0, 0.05) is 24.3 Å². The summed E-state index contributed by atoms with van der Waals surface area (Å²) in [4.78, 5) is 28.3. The summed E-state index contributed by atoms with van der Waals surface area (Å²) in [5.74, 6) is 1.06. The van der Waals surface area contributed by atoms with Gasteiger partial charge in [-0.2, -0.15) is 0 Å². The van der Waals surface area contributed by atoms with Crippen LogP contribution in [0.1, 0.15) is 40.0 Å². The minimum Gasteiger partial charge on any atom is -0.336 e. The van der Waals surface area contributed by atoms with E-state index in [1.165, 1.54) is 0 Å². The van der Waals surface area contributed by atoms with Gasteiger partial charge in [0.2, 0.25) is 11.8 Å². The molecule has 100 valence electrons. The minimum absolute atomic E-state index is 0.0243. The fourth-order valence-corrected chi connectivity index (χ4v) is 4.69. The molecule has 0 radical (unpaired) electrons. The molecular weight excluding hydrogens is 248 g/mol. The van der Waals surface area contributed by atoms with Crippen LogP contribution in [0.5, 0.6) is 0 Å². The molecular formula is C13H20N2O2S. The summed E-state index contributed by atoms with van der Waals surface area (Å²) in [6, 6.07) is -0.227. The van der Waals surface area contributed by atoms with Crippen molar-refractivity contribution in [2.45, 2.75) is 56.5 Å². The summed E-state index contributed by atoms with van der Waals surface area (Å²) in [5.41, 5.74) is -0.0243. The van der Waals surface area contributed by atoms with Gasteiger partial charge in [0.05, 0.1) is 4.87 Å². The number of likely N-dealkylation sites (tertiary alicyclic amines) is 1. The third-order valence-corrected chi connectivity index (χ3v) is 6.18. The van der Waals surface area contributed by atoms with E-state index >= 15 is 0 Å². The predicted molar refractivity (Wildman–Crippen MR) is 71.1 cm³/mol. The Labute approximate surface area is 112 Å². The molecule has 2 unspecified atom stereocenters. The topological polar surface area (TPSA) is 40.6 Å². The van der Waals surface area contributed by atoms with Crippen LogP contribution in [0.2, 0.25) is 0 Å². The fraction of sp³-hybridized carbons (Fsp3) is 0.846. The maximum absolute atomic E-state index is 12.6. The van der Waals surface area contributed by atoms with Crippen LogP contribution >= 0.6 is 11.8 Å². The number of fused-ring (bicyclic) bond motifs is 1. The van der Waals surface area contributed by atoms with E-state index in [2.05, 4.69) is 20.8 Å². The number of hydrogen-bond donors (Lipinski definition) is 0. The standard InChI is InChI=1S/C13H20N2O2S/c1-12(2)6-7-14(12)11(17)9-8-18-13(3)5-4-10(16)15(9)13/h9H,4-8H2,1-3H3. The quantitative estimate of drug-likeness (QED) is 0.723. The molecule has 0 aromatic carbocycles. The van der Waals surface area contributed by atoms with Crippen molar-refractivity contribution in [2.24, 2.45) is 0 Å². The average molecular weight is 268 g/mol. The minimum atomic E-state index is -0.227. The Kier molecular flexibility index (Phi) is 2.50. The molecule has 0 spiro atoms. The van der Waals surface area contributed by atoms with Crippen LogP contribution in [0.15, 0.2) is 0 Å². The normalized spacial score (nSPS) is 37.7. The van der Waals surface area contributed by atoms with Crippen LogP contribution in [0.25, 0.3) is 0 Å². The monoisotopic (exact) mass is 268 g/mol. The van der Waals surface area contributed by atoms with Gasteiger partial charge in [0.15, 0.2) is 0 Å². The van der Waals surface area contributed by atoms with E-state index in [-0.39, 0.29) is 28.3 Å². The number of carbonyl (C=O) groups excluding carboxylic acids is 2. The van der Waals surface area contributed by atoms with Crippen molar-refractivity contribution in [2.75, 3.05) is 12.3 Å². The van der Waals surface area contributed by atoms with E-state index in [4.69, 9.17) is 0 Å². The third kappa shape index (κ3) is 1.52. The molecule has 3 aliphatic rings. The molecule has 3 rings (SSSR count). The largest absolute Gasteiger partial charge is 0.336 e. The van der Waals surface area contributed by atoms with Gasteiger partial charge in [-0.05, 0) is 33.6 Å². The molecule has 3 heterocycles. The van der Waals surface area contributed by atoms with Crippen molar-refractivity contribution in [1.82, 2.24) is 9.80 Å². The first-order valence-electron chi connectivity index (χ1n) is 6.63. The molecule has 18 heavy (non-hydrogen) atoms. The second-order valence-corrected chi connectivity index (χ2v) is 7.82. The molecule has 0 N–H and O–H groups in total. The van der Waals surface area contributed by atoms with Crippen LogP contribution < -0.4 is 0 Å². The van der Waals surface area contributed by atoms with Gasteiger partial charge in [-0.3, -0.25) is 9.59 Å². The maximum atomic E-state index is 12.6. The number of carbonyl (C=O) groups is 2. The van der Waals surface area contributed by atoms with Gasteiger partial charge in [-0.25, -0.2) is 0 Å². The molecule has 3 aliphatic heterocycles. The second kappa shape index (κ2) is 3.65. The number of amides is 2. The maximum Gasteiger partial charge on any atom is 0.246 e. The highest BCUT2D eigenvalue weighted by atomic mass is 32.2. The van der Waals surface area contributed by atoms with Gasteiger partial charge in [0.25, 0.3) is 0 Å². The Bertz CT molecular complexity index is 423. The summed E-state index contributed by atoms with van der Waals surface area (Å²) < 4.78 is 0. The zero-order chi connectivity index (χ0) is 13.1. The zero-order valence-corrected chi connectivity index (χ0v) is 12.0. The second-order valence-electron chi connectivity index (χ2n) is 6.32. The number of nitrogens with zero attached hydrogens (tertiary/aromatic N) is 2. The van der Waals surface area contributed by atoms with Crippen LogP contribution in [-0.2, 0) is 9.59 Å². The van der Waals surface area contributed by atoms with Crippen molar-refractivity contribution < 1.29 is 9.59 Å². The Morgan fingerprint density at radius 1 is 1.33 bits per heavy atom. The Hall–Kier alpha value is -0.710. The van der Waals surface area contributed by atoms with Crippen LogP contribution in [0, 0.1) is 0 Å². The van der Waals surface area contributed by atoms with Crippen molar-refractivity contribution in [3.8, 4) is 0 Å². The van der Waals surface area contributed by atoms with Gasteiger partial charge < -0.3 is 9.80 Å². The lowest BCUT2D eigenvalue weighted by atomic mass is 9.88. The van der Waals surface area contributed by atoms with Crippen molar-refractivity contribution in [3.63, 3.8) is 0 Å². The molecule has 0 aromatic heterocycles. The molecule has 3 saturated heterocycles. The summed E-state index contributed by atoms with van der Waals surface area (Å²) in [7, 11) is 0. The first-order chi connectivity index (χ1) is 8.35. The SMILES string of the molecule is CC1(C)CCN1C(=O)C1CSC2(C)CCC(=O)N12. The molecule has 5 heteroatoms. The van der Waals surface area contributed by atoms with Gasteiger partial charge in [-0.1, -0.05) is 0 Å². The van der Waals surface area contributed by atoms with E-state index < -0.39 is 0 Å². The first kappa shape index (κ1) is 12.3. The highest BCUT2D eigenvalue weighted by Gasteiger charge is 2.55. The smallest absolute Gasteiger partial charge is 0.246 e. The van der Waals surface area contributed by atoms with E-state index in [1.54, 1.807) is 11.8 Å². The molecule has 2 amide bonds. The number of rotatable bonds is 1. The summed E-state index contributed by atoms with van der Waals surface area (Å²) in [6.45, 7) is 7.13. The highest BCUT2D eigenvalue weighted by Crippen LogP contribution is 2.48. The van der Waals surface area contributed by atoms with Crippen LogP contribution in [0.3, 0.4) is 0 Å². The molecule has 3 fully saturated rings. The van der Waals surface area contributed by atoms with Crippen molar-refractivity contribution in [3.05, 3.63) is 0 Å². The Morgan fingerprint density at radius 3 is 2.61 bits per heavy atom. The molecule has 0 saturated carbocycles. The lowest BCUT2D eigenvalue weighted by molar-refractivity contribution is -0.154. The summed E-state index contributed by atoms with van der Waals surface area (Å²) in [5, 5.41) is 0. The van der Waals surface area contributed by atoms with Gasteiger partial charge in [0.1, 0.15) is 6.04 Å². The van der Waals surface area contributed by atoms with E-state index in [1.807, 2.05) is 9.80 Å². The van der Waals surface area contributed by atoms with Gasteiger partial charge >= 0.3 is 0 Å². The van der Waals surface area contributed by atoms with Gasteiger partial charge in [-0.15, -0.1) is 11.8 Å². The lowest BCUT2D eigenvalue weighted by Crippen LogP contribution is -2.63. The van der Waals surface area contributed by atoms with E-state index in [0.717, 1.165) is 25.1 Å². The fourth-order valence-electron chi connectivity index (χ4n) is 3.26. The molecule has 0 aliphatic carbocycles. The van der Waals surface area contributed by atoms with Crippen molar-refractivity contribution >= 4 is 23.6 Å². The predicted octanol–water partition coefficient (Wildman–Crippen LogP) is 1.45. The van der Waals surface area contributed by atoms with Crippen molar-refractivity contribution in [1.29, 1.82) is 0 Å². The molecule has 4 nitrogen and oxygen atoms in total. The van der Waals surface area contributed by atoms with Crippen LogP contribution in [-0.4, -0.2) is 50.4 Å². The molecule has 2 atom stereocenters. The third-order valence-electron chi connectivity index (χ3n) is 4.67. The first-order valence-corrected chi connectivity index (χ1v) is 7.61. The van der Waals surface area contributed by atoms with E-state index in [0.29, 0.717) is 6.42 Å². The summed E-state index contributed by atoms with van der Waals surface area (Å²) >= 11 is 1.77. The number of thioether (sulfide) groups is 1. The average Bonchev–Trinajstić information content (AvgIpc) is 2.75. The zero-order valence-electron chi connectivity index (χ0n) is 11.2. The Morgan fingerprint density at radius 2 is 2.06 bits per heavy atom. The lowest BCUT2D eigenvalue weighted by Gasteiger charge is -2.50. The summed E-state index contributed by atoms with van der Waals surface area (Å²) in [6.07, 6.45) is 2.53. The molecule has 0 aromatic rings.